The predicted molar refractivity (Wildman–Crippen MR) is 65.6 cm³/mol. The van der Waals surface area contributed by atoms with Crippen molar-refractivity contribution < 1.29 is 9.84 Å². The third kappa shape index (κ3) is 2.51. The van der Waals surface area contributed by atoms with Crippen LogP contribution in [-0.2, 0) is 4.74 Å². The quantitative estimate of drug-likeness (QED) is 0.855. The van der Waals surface area contributed by atoms with Gasteiger partial charge in [0, 0.05) is 13.1 Å². The average molecular weight is 258 g/mol. The van der Waals surface area contributed by atoms with Crippen molar-refractivity contribution in [1.29, 1.82) is 0 Å². The maximum atomic E-state index is 9.11. The van der Waals surface area contributed by atoms with Crippen LogP contribution in [-0.4, -0.2) is 47.7 Å². The van der Waals surface area contributed by atoms with Gasteiger partial charge in [-0.2, -0.15) is 0 Å². The largest absolute Gasteiger partial charge is 0.394 e. The van der Waals surface area contributed by atoms with E-state index >= 15 is 0 Å². The Bertz CT molecular complexity index is 414. The van der Waals surface area contributed by atoms with Crippen molar-refractivity contribution in [1.82, 2.24) is 10.2 Å². The minimum absolute atomic E-state index is 0.0234. The van der Waals surface area contributed by atoms with Gasteiger partial charge in [-0.15, -0.1) is 10.2 Å². The minimum atomic E-state index is -0.152. The second-order valence-corrected chi connectivity index (χ2v) is 4.54. The SMILES string of the molecule is Cc1c(Cl)nnc(N2CCOC(CO)C2)c1C. The molecule has 6 heteroatoms. The summed E-state index contributed by atoms with van der Waals surface area (Å²) in [7, 11) is 0. The summed E-state index contributed by atoms with van der Waals surface area (Å²) >= 11 is 5.92. The molecule has 1 unspecified atom stereocenters. The van der Waals surface area contributed by atoms with Crippen molar-refractivity contribution >= 4 is 17.4 Å². The lowest BCUT2D eigenvalue weighted by Gasteiger charge is -2.33. The van der Waals surface area contributed by atoms with Crippen LogP contribution in [0, 0.1) is 13.8 Å². The highest BCUT2D eigenvalue weighted by Gasteiger charge is 2.23. The third-order valence-corrected chi connectivity index (χ3v) is 3.44. The van der Waals surface area contributed by atoms with Gasteiger partial charge < -0.3 is 14.7 Å². The van der Waals surface area contributed by atoms with Gasteiger partial charge in [0.05, 0.1) is 19.3 Å². The molecule has 0 bridgehead atoms. The van der Waals surface area contributed by atoms with Gasteiger partial charge in [0.2, 0.25) is 0 Å². The van der Waals surface area contributed by atoms with E-state index in [9.17, 15) is 0 Å². The molecule has 1 fully saturated rings. The molecule has 1 aromatic heterocycles. The van der Waals surface area contributed by atoms with Gasteiger partial charge in [-0.05, 0) is 25.0 Å². The Kier molecular flexibility index (Phi) is 3.81. The Morgan fingerprint density at radius 2 is 2.18 bits per heavy atom. The van der Waals surface area contributed by atoms with E-state index in [0.29, 0.717) is 18.3 Å². The molecule has 0 aliphatic carbocycles. The minimum Gasteiger partial charge on any atom is -0.394 e. The van der Waals surface area contributed by atoms with Gasteiger partial charge in [-0.1, -0.05) is 11.6 Å². The molecule has 0 aromatic carbocycles. The molecule has 1 aliphatic heterocycles. The first kappa shape index (κ1) is 12.5. The van der Waals surface area contributed by atoms with Crippen LogP contribution < -0.4 is 4.90 Å². The lowest BCUT2D eigenvalue weighted by atomic mass is 10.1. The summed E-state index contributed by atoms with van der Waals surface area (Å²) in [6, 6.07) is 0. The van der Waals surface area contributed by atoms with E-state index in [0.717, 1.165) is 23.5 Å². The lowest BCUT2D eigenvalue weighted by Crippen LogP contribution is -2.44. The number of hydrogen-bond donors (Lipinski definition) is 1. The van der Waals surface area contributed by atoms with Crippen molar-refractivity contribution in [2.24, 2.45) is 0 Å². The maximum absolute atomic E-state index is 9.11. The van der Waals surface area contributed by atoms with Gasteiger partial charge >= 0.3 is 0 Å². The molecular weight excluding hydrogens is 242 g/mol. The number of nitrogens with zero attached hydrogens (tertiary/aromatic N) is 3. The first-order valence-corrected chi connectivity index (χ1v) is 5.98. The molecule has 0 saturated carbocycles. The van der Waals surface area contributed by atoms with Crippen LogP contribution in [0.5, 0.6) is 0 Å². The number of ether oxygens (including phenoxy) is 1. The molecule has 0 spiro atoms. The molecule has 0 radical (unpaired) electrons. The van der Waals surface area contributed by atoms with E-state index in [1.54, 1.807) is 0 Å². The summed E-state index contributed by atoms with van der Waals surface area (Å²) in [6.45, 7) is 5.91. The average Bonchev–Trinajstić information content (AvgIpc) is 2.36. The molecule has 1 N–H and O–H groups in total. The zero-order valence-electron chi connectivity index (χ0n) is 9.98. The van der Waals surface area contributed by atoms with E-state index in [1.807, 2.05) is 13.8 Å². The van der Waals surface area contributed by atoms with Gasteiger partial charge in [0.1, 0.15) is 0 Å². The van der Waals surface area contributed by atoms with E-state index in [-0.39, 0.29) is 12.7 Å². The van der Waals surface area contributed by atoms with Crippen LogP contribution in [0.4, 0.5) is 5.82 Å². The summed E-state index contributed by atoms with van der Waals surface area (Å²) in [5.41, 5.74) is 1.98. The Hall–Kier alpha value is -0.910. The summed E-state index contributed by atoms with van der Waals surface area (Å²) in [6.07, 6.45) is -0.152. The molecule has 1 aliphatic rings. The molecule has 1 atom stereocenters. The fourth-order valence-corrected chi connectivity index (χ4v) is 2.07. The van der Waals surface area contributed by atoms with Crippen LogP contribution in [0.25, 0.3) is 0 Å². The first-order valence-electron chi connectivity index (χ1n) is 5.60. The molecule has 17 heavy (non-hydrogen) atoms. The zero-order chi connectivity index (χ0) is 12.4. The number of halogens is 1. The maximum Gasteiger partial charge on any atom is 0.155 e. The molecule has 0 amide bonds. The molecule has 2 heterocycles. The second-order valence-electron chi connectivity index (χ2n) is 4.19. The Morgan fingerprint density at radius 1 is 1.41 bits per heavy atom. The van der Waals surface area contributed by atoms with E-state index in [4.69, 9.17) is 21.4 Å². The summed E-state index contributed by atoms with van der Waals surface area (Å²) in [5.74, 6) is 0.827. The third-order valence-electron chi connectivity index (χ3n) is 3.08. The highest BCUT2D eigenvalue weighted by molar-refractivity contribution is 6.30. The Balaban J connectivity index is 2.25. The van der Waals surface area contributed by atoms with Gasteiger partial charge in [-0.25, -0.2) is 0 Å². The number of rotatable bonds is 2. The van der Waals surface area contributed by atoms with Crippen molar-refractivity contribution in [3.63, 3.8) is 0 Å². The molecule has 1 saturated heterocycles. The monoisotopic (exact) mass is 257 g/mol. The van der Waals surface area contributed by atoms with Crippen molar-refractivity contribution in [3.8, 4) is 0 Å². The number of hydrogen-bond acceptors (Lipinski definition) is 5. The topological polar surface area (TPSA) is 58.5 Å². The van der Waals surface area contributed by atoms with E-state index in [1.165, 1.54) is 0 Å². The number of anilines is 1. The zero-order valence-corrected chi connectivity index (χ0v) is 10.7. The Labute approximate surface area is 105 Å². The second kappa shape index (κ2) is 5.16. The molecule has 94 valence electrons. The standard InChI is InChI=1S/C11H16ClN3O2/c1-7-8(2)11(14-13-10(7)12)15-3-4-17-9(5-15)6-16/h9,16H,3-6H2,1-2H3. The summed E-state index contributed by atoms with van der Waals surface area (Å²) < 4.78 is 5.41. The number of morpholine rings is 1. The van der Waals surface area contributed by atoms with Crippen LogP contribution in [0.3, 0.4) is 0 Å². The lowest BCUT2D eigenvalue weighted by molar-refractivity contribution is 0.00329. The van der Waals surface area contributed by atoms with Crippen molar-refractivity contribution in [2.75, 3.05) is 31.2 Å². The fourth-order valence-electron chi connectivity index (χ4n) is 1.89. The number of aromatic nitrogens is 2. The first-order chi connectivity index (χ1) is 8.13. The number of aliphatic hydroxyl groups excluding tert-OH is 1. The molecular formula is C11H16ClN3O2. The highest BCUT2D eigenvalue weighted by atomic mass is 35.5. The molecule has 1 aromatic rings. The number of aliphatic hydroxyl groups is 1. The van der Waals surface area contributed by atoms with E-state index in [2.05, 4.69) is 15.1 Å². The van der Waals surface area contributed by atoms with Crippen LogP contribution in [0.15, 0.2) is 0 Å². The predicted octanol–water partition coefficient (Wildman–Crippen LogP) is 0.944. The molecule has 5 nitrogen and oxygen atoms in total. The summed E-state index contributed by atoms with van der Waals surface area (Å²) in [5, 5.41) is 17.6. The van der Waals surface area contributed by atoms with Gasteiger partial charge in [0.15, 0.2) is 11.0 Å². The fraction of sp³-hybridized carbons (Fsp3) is 0.636. The van der Waals surface area contributed by atoms with Crippen LogP contribution >= 0.6 is 11.6 Å². The van der Waals surface area contributed by atoms with Crippen LogP contribution in [0.2, 0.25) is 5.15 Å². The highest BCUT2D eigenvalue weighted by Crippen LogP contribution is 2.24. The Morgan fingerprint density at radius 3 is 2.88 bits per heavy atom. The molecule has 2 rings (SSSR count). The van der Waals surface area contributed by atoms with Crippen molar-refractivity contribution in [2.45, 2.75) is 20.0 Å². The van der Waals surface area contributed by atoms with Crippen LogP contribution in [0.1, 0.15) is 11.1 Å². The van der Waals surface area contributed by atoms with Crippen molar-refractivity contribution in [3.05, 3.63) is 16.3 Å². The van der Waals surface area contributed by atoms with E-state index < -0.39 is 0 Å². The normalized spacial score (nSPS) is 20.7. The summed E-state index contributed by atoms with van der Waals surface area (Å²) in [4.78, 5) is 2.08. The van der Waals surface area contributed by atoms with Gasteiger partial charge in [0.25, 0.3) is 0 Å². The van der Waals surface area contributed by atoms with Gasteiger partial charge in [-0.3, -0.25) is 0 Å². The smallest absolute Gasteiger partial charge is 0.155 e.